The molecule has 8 heteroatoms. The highest BCUT2D eigenvalue weighted by Gasteiger charge is 2.28. The number of anilines is 1. The van der Waals surface area contributed by atoms with Gasteiger partial charge in [-0.05, 0) is 40.5 Å². The van der Waals surface area contributed by atoms with E-state index in [1.165, 1.54) is 18.2 Å². The summed E-state index contributed by atoms with van der Waals surface area (Å²) in [7, 11) is 0. The first kappa shape index (κ1) is 24.0. The Hall–Kier alpha value is -4.10. The van der Waals surface area contributed by atoms with Gasteiger partial charge in [0.15, 0.2) is 0 Å². The second-order valence-corrected chi connectivity index (χ2v) is 8.34. The average molecular weight is 491 g/mol. The Kier molecular flexibility index (Phi) is 7.48. The maximum atomic E-state index is 12.6. The number of carboxylic acid groups (broad SMARTS) is 1. The van der Waals surface area contributed by atoms with Gasteiger partial charge in [-0.3, -0.25) is 14.5 Å². The van der Waals surface area contributed by atoms with Gasteiger partial charge < -0.3 is 15.2 Å². The topological polar surface area (TPSA) is 95.9 Å². The molecule has 1 aliphatic carbocycles. The van der Waals surface area contributed by atoms with Crippen molar-refractivity contribution in [3.8, 4) is 11.1 Å². The van der Waals surface area contributed by atoms with E-state index in [1.54, 1.807) is 18.2 Å². The zero-order valence-corrected chi connectivity index (χ0v) is 19.4. The number of hydrogen-bond donors (Lipinski definition) is 2. The fraction of sp³-hybridized carbons (Fsp3) is 0.148. The number of rotatable bonds is 8. The smallest absolute Gasteiger partial charge is 0.407 e. The lowest BCUT2D eigenvalue weighted by Gasteiger charge is -2.19. The van der Waals surface area contributed by atoms with E-state index in [9.17, 15) is 14.4 Å². The number of aliphatic carboxylic acids is 1. The van der Waals surface area contributed by atoms with E-state index in [4.69, 9.17) is 21.4 Å². The molecule has 3 aromatic carbocycles. The Bertz CT molecular complexity index is 1240. The summed E-state index contributed by atoms with van der Waals surface area (Å²) in [5.74, 6) is -1.76. The number of carbonyl (C=O) groups excluding carboxylic acids is 2. The van der Waals surface area contributed by atoms with Gasteiger partial charge in [-0.1, -0.05) is 72.3 Å². The Balaban J connectivity index is 1.32. The normalized spacial score (nSPS) is 12.1. The number of fused-ring (bicyclic) bond motifs is 3. The first-order chi connectivity index (χ1) is 16.9. The lowest BCUT2D eigenvalue weighted by atomic mass is 9.98. The van der Waals surface area contributed by atoms with E-state index in [-0.39, 0.29) is 19.1 Å². The van der Waals surface area contributed by atoms with Gasteiger partial charge in [-0.2, -0.15) is 0 Å². The zero-order valence-electron chi connectivity index (χ0n) is 18.7. The third kappa shape index (κ3) is 5.70. The second-order valence-electron chi connectivity index (χ2n) is 7.91. The molecule has 0 unspecified atom stereocenters. The number of alkyl carbamates (subject to hydrolysis) is 1. The van der Waals surface area contributed by atoms with Crippen LogP contribution in [-0.2, 0) is 14.3 Å². The molecule has 1 aliphatic rings. The zero-order chi connectivity index (χ0) is 24.8. The van der Waals surface area contributed by atoms with Crippen molar-refractivity contribution in [1.82, 2.24) is 5.32 Å². The van der Waals surface area contributed by atoms with Gasteiger partial charge in [0.25, 0.3) is 5.91 Å². The Morgan fingerprint density at radius 3 is 2.26 bits per heavy atom. The Labute approximate surface area is 207 Å². The molecule has 0 atom stereocenters. The third-order valence-corrected chi connectivity index (χ3v) is 5.88. The van der Waals surface area contributed by atoms with Gasteiger partial charge in [0.2, 0.25) is 0 Å². The molecule has 2 amide bonds. The van der Waals surface area contributed by atoms with Crippen LogP contribution in [0, 0.1) is 0 Å². The highest BCUT2D eigenvalue weighted by atomic mass is 35.5. The maximum absolute atomic E-state index is 12.6. The van der Waals surface area contributed by atoms with Crippen LogP contribution in [0.1, 0.15) is 17.0 Å². The number of hydrogen-bond acceptors (Lipinski definition) is 4. The SMILES string of the molecule is O=C(O)CN(C(=O)/C=C/CNC(=O)OCC1c2ccccc2-c2ccccc21)c1cccc(Cl)c1. The van der Waals surface area contributed by atoms with E-state index in [0.717, 1.165) is 27.2 Å². The van der Waals surface area contributed by atoms with Crippen molar-refractivity contribution in [3.05, 3.63) is 101 Å². The number of nitrogens with zero attached hydrogens (tertiary/aromatic N) is 1. The quantitative estimate of drug-likeness (QED) is 0.440. The number of halogens is 1. The molecule has 3 aromatic rings. The molecule has 0 aromatic heterocycles. The van der Waals surface area contributed by atoms with Crippen LogP contribution in [0.15, 0.2) is 84.9 Å². The monoisotopic (exact) mass is 490 g/mol. The fourth-order valence-corrected chi connectivity index (χ4v) is 4.30. The van der Waals surface area contributed by atoms with Crippen molar-refractivity contribution in [2.75, 3.05) is 24.6 Å². The standard InChI is InChI=1S/C27H23ClN2O5/c28-18-7-5-8-19(15-18)30(16-26(32)33)25(31)13-6-14-29-27(34)35-17-24-22-11-3-1-9-20(22)21-10-2-4-12-23(21)24/h1-13,15,24H,14,16-17H2,(H,29,34)(H,32,33)/b13-6+. The summed E-state index contributed by atoms with van der Waals surface area (Å²) in [5, 5.41) is 12.1. The molecule has 0 radical (unpaired) electrons. The van der Waals surface area contributed by atoms with Gasteiger partial charge in [0, 0.05) is 29.2 Å². The van der Waals surface area contributed by atoms with Crippen LogP contribution in [0.25, 0.3) is 11.1 Å². The summed E-state index contributed by atoms with van der Waals surface area (Å²) in [4.78, 5) is 37.1. The highest BCUT2D eigenvalue weighted by Crippen LogP contribution is 2.44. The minimum Gasteiger partial charge on any atom is -0.480 e. The fourth-order valence-electron chi connectivity index (χ4n) is 4.12. The molecule has 0 heterocycles. The minimum absolute atomic E-state index is 0.0405. The third-order valence-electron chi connectivity index (χ3n) is 5.65. The molecular formula is C27H23ClN2O5. The molecule has 7 nitrogen and oxygen atoms in total. The number of carboxylic acids is 1. The summed E-state index contributed by atoms with van der Waals surface area (Å²) in [6, 6.07) is 22.5. The summed E-state index contributed by atoms with van der Waals surface area (Å²) in [5.41, 5.74) is 4.88. The lowest BCUT2D eigenvalue weighted by Crippen LogP contribution is -2.34. The van der Waals surface area contributed by atoms with Crippen LogP contribution in [0.5, 0.6) is 0 Å². The second kappa shape index (κ2) is 10.9. The molecule has 2 N–H and O–H groups in total. The molecule has 0 saturated carbocycles. The van der Waals surface area contributed by atoms with E-state index < -0.39 is 24.5 Å². The van der Waals surface area contributed by atoms with Crippen LogP contribution >= 0.6 is 11.6 Å². The molecular weight excluding hydrogens is 468 g/mol. The van der Waals surface area contributed by atoms with Gasteiger partial charge in [0.1, 0.15) is 13.2 Å². The van der Waals surface area contributed by atoms with Crippen molar-refractivity contribution in [2.45, 2.75) is 5.92 Å². The number of nitrogens with one attached hydrogen (secondary N) is 1. The molecule has 0 saturated heterocycles. The van der Waals surface area contributed by atoms with Gasteiger partial charge in [0.05, 0.1) is 0 Å². The van der Waals surface area contributed by atoms with Crippen LogP contribution in [-0.4, -0.2) is 42.8 Å². The number of benzene rings is 3. The summed E-state index contributed by atoms with van der Waals surface area (Å²) in [6.07, 6.45) is 2.03. The summed E-state index contributed by atoms with van der Waals surface area (Å²) in [6.45, 7) is -0.300. The van der Waals surface area contributed by atoms with E-state index in [1.807, 2.05) is 36.4 Å². The Morgan fingerprint density at radius 1 is 0.971 bits per heavy atom. The molecule has 178 valence electrons. The molecule has 0 bridgehead atoms. The molecule has 0 fully saturated rings. The molecule has 35 heavy (non-hydrogen) atoms. The average Bonchev–Trinajstić information content (AvgIpc) is 3.17. The van der Waals surface area contributed by atoms with Crippen molar-refractivity contribution >= 4 is 35.3 Å². The van der Waals surface area contributed by atoms with E-state index in [0.29, 0.717) is 10.7 Å². The lowest BCUT2D eigenvalue weighted by molar-refractivity contribution is -0.136. The first-order valence-corrected chi connectivity index (χ1v) is 11.4. The minimum atomic E-state index is -1.16. The molecule has 4 rings (SSSR count). The highest BCUT2D eigenvalue weighted by molar-refractivity contribution is 6.31. The molecule has 0 spiro atoms. The van der Waals surface area contributed by atoms with Crippen molar-refractivity contribution in [2.24, 2.45) is 0 Å². The largest absolute Gasteiger partial charge is 0.480 e. The summed E-state index contributed by atoms with van der Waals surface area (Å²) < 4.78 is 5.46. The van der Waals surface area contributed by atoms with Crippen molar-refractivity contribution in [1.29, 1.82) is 0 Å². The molecule has 0 aliphatic heterocycles. The van der Waals surface area contributed by atoms with Gasteiger partial charge >= 0.3 is 12.1 Å². The first-order valence-electron chi connectivity index (χ1n) is 11.0. The van der Waals surface area contributed by atoms with E-state index in [2.05, 4.69) is 17.4 Å². The predicted octanol–water partition coefficient (Wildman–Crippen LogP) is 4.85. The van der Waals surface area contributed by atoms with E-state index >= 15 is 0 Å². The van der Waals surface area contributed by atoms with Crippen LogP contribution in [0.2, 0.25) is 5.02 Å². The van der Waals surface area contributed by atoms with Gasteiger partial charge in [-0.15, -0.1) is 0 Å². The summed E-state index contributed by atoms with van der Waals surface area (Å²) >= 11 is 5.96. The van der Waals surface area contributed by atoms with Crippen LogP contribution < -0.4 is 10.2 Å². The maximum Gasteiger partial charge on any atom is 0.407 e. The number of ether oxygens (including phenoxy) is 1. The number of amides is 2. The van der Waals surface area contributed by atoms with Crippen LogP contribution in [0.4, 0.5) is 10.5 Å². The number of carbonyl (C=O) groups is 3. The Morgan fingerprint density at radius 2 is 1.63 bits per heavy atom. The van der Waals surface area contributed by atoms with Crippen molar-refractivity contribution in [3.63, 3.8) is 0 Å². The van der Waals surface area contributed by atoms with Crippen LogP contribution in [0.3, 0.4) is 0 Å². The van der Waals surface area contributed by atoms with Gasteiger partial charge in [-0.25, -0.2) is 4.79 Å². The predicted molar refractivity (Wildman–Crippen MR) is 134 cm³/mol. The van der Waals surface area contributed by atoms with Crippen molar-refractivity contribution < 1.29 is 24.2 Å².